The van der Waals surface area contributed by atoms with Crippen molar-refractivity contribution in [2.24, 2.45) is 11.7 Å². The molecule has 3 aromatic rings. The molecule has 1 saturated heterocycles. The standard InChI is InChI=1S/C34H39N7O4/c1-36-19-24-5-2-3-6-25(24)20-41(32(44)22-10-13-40(14-11-22)30(43)18-35)21-29(42)38-27-9-8-23-16-34(17-26(23)15-27)28-7-4-12-37-31(28)39-33(34)45/h2-9,12,15,22,36H,10-11,13-14,16-21,35H2,1H3,(H,38,42)(H,37,39,45). The Hall–Kier alpha value is -4.61. The van der Waals surface area contributed by atoms with Gasteiger partial charge in [0.05, 0.1) is 12.0 Å². The van der Waals surface area contributed by atoms with E-state index >= 15 is 0 Å². The third-order valence-corrected chi connectivity index (χ3v) is 9.33. The minimum absolute atomic E-state index is 0.0471. The van der Waals surface area contributed by atoms with Crippen molar-refractivity contribution in [2.75, 3.05) is 43.9 Å². The molecule has 0 radical (unpaired) electrons. The average Bonchev–Trinajstić information content (AvgIpc) is 3.57. The van der Waals surface area contributed by atoms with E-state index in [2.05, 4.69) is 20.9 Å². The summed E-state index contributed by atoms with van der Waals surface area (Å²) in [7, 11) is 1.87. The second-order valence-electron chi connectivity index (χ2n) is 12.2. The summed E-state index contributed by atoms with van der Waals surface area (Å²) in [6.45, 7) is 1.71. The molecule has 45 heavy (non-hydrogen) atoms. The molecule has 3 aliphatic rings. The number of carbonyl (C=O) groups is 4. The van der Waals surface area contributed by atoms with Gasteiger partial charge in [-0.05, 0) is 73.2 Å². The molecule has 1 unspecified atom stereocenters. The lowest BCUT2D eigenvalue weighted by Crippen LogP contribution is -2.47. The molecule has 1 spiro atoms. The maximum absolute atomic E-state index is 13.9. The number of pyridine rings is 1. The largest absolute Gasteiger partial charge is 0.342 e. The van der Waals surface area contributed by atoms with Gasteiger partial charge in [-0.1, -0.05) is 36.4 Å². The molecule has 0 saturated carbocycles. The second kappa shape index (κ2) is 12.8. The van der Waals surface area contributed by atoms with E-state index in [1.54, 1.807) is 16.0 Å². The van der Waals surface area contributed by atoms with Crippen molar-refractivity contribution in [3.63, 3.8) is 0 Å². The lowest BCUT2D eigenvalue weighted by molar-refractivity contribution is -0.142. The number of rotatable bonds is 9. The molecule has 0 bridgehead atoms. The monoisotopic (exact) mass is 609 g/mol. The number of likely N-dealkylation sites (tertiary alicyclic amines) is 1. The van der Waals surface area contributed by atoms with Gasteiger partial charge in [-0.15, -0.1) is 0 Å². The molecular weight excluding hydrogens is 570 g/mol. The van der Waals surface area contributed by atoms with Gasteiger partial charge in [0, 0.05) is 49.5 Å². The topological polar surface area (TPSA) is 150 Å². The summed E-state index contributed by atoms with van der Waals surface area (Å²) < 4.78 is 0. The number of nitrogens with two attached hydrogens (primary N) is 1. The molecular formula is C34H39N7O4. The zero-order valence-corrected chi connectivity index (χ0v) is 25.5. The number of anilines is 2. The van der Waals surface area contributed by atoms with E-state index in [0.717, 1.165) is 27.8 Å². The first-order chi connectivity index (χ1) is 21.8. The Bertz CT molecular complexity index is 1630. The van der Waals surface area contributed by atoms with Crippen LogP contribution in [0.25, 0.3) is 0 Å². The van der Waals surface area contributed by atoms with Crippen LogP contribution in [0.2, 0.25) is 0 Å². The van der Waals surface area contributed by atoms with E-state index in [9.17, 15) is 19.2 Å². The first-order valence-corrected chi connectivity index (χ1v) is 15.5. The number of amides is 4. The molecule has 2 aliphatic heterocycles. The smallest absolute Gasteiger partial charge is 0.244 e. The van der Waals surface area contributed by atoms with Crippen molar-refractivity contribution < 1.29 is 19.2 Å². The normalized spacial score (nSPS) is 18.8. The van der Waals surface area contributed by atoms with Crippen LogP contribution in [0.5, 0.6) is 0 Å². The fourth-order valence-corrected chi connectivity index (χ4v) is 6.97. The minimum atomic E-state index is -0.692. The molecule has 5 N–H and O–H groups in total. The number of hydrogen-bond donors (Lipinski definition) is 4. The van der Waals surface area contributed by atoms with E-state index in [0.29, 0.717) is 63.4 Å². The van der Waals surface area contributed by atoms with E-state index in [4.69, 9.17) is 5.73 Å². The van der Waals surface area contributed by atoms with Crippen molar-refractivity contribution in [3.8, 4) is 0 Å². The zero-order chi connectivity index (χ0) is 31.6. The van der Waals surface area contributed by atoms with Gasteiger partial charge in [0.15, 0.2) is 0 Å². The lowest BCUT2D eigenvalue weighted by atomic mass is 9.79. The summed E-state index contributed by atoms with van der Waals surface area (Å²) in [5.41, 5.74) is 10.5. The van der Waals surface area contributed by atoms with Crippen LogP contribution in [0.4, 0.5) is 11.5 Å². The SMILES string of the molecule is CNCc1ccccc1CN(CC(=O)Nc1ccc2c(c1)CC1(C2)C(=O)Nc2ncccc21)C(=O)C1CCN(C(=O)CN)CC1. The fraction of sp³-hybridized carbons (Fsp3) is 0.382. The van der Waals surface area contributed by atoms with Crippen LogP contribution >= 0.6 is 0 Å². The highest BCUT2D eigenvalue weighted by atomic mass is 16.2. The maximum Gasteiger partial charge on any atom is 0.244 e. The molecule has 11 nitrogen and oxygen atoms in total. The first-order valence-electron chi connectivity index (χ1n) is 15.5. The van der Waals surface area contributed by atoms with Crippen molar-refractivity contribution in [2.45, 2.75) is 44.2 Å². The molecule has 234 valence electrons. The third kappa shape index (κ3) is 6.05. The predicted octanol–water partition coefficient (Wildman–Crippen LogP) is 1.95. The van der Waals surface area contributed by atoms with Gasteiger partial charge >= 0.3 is 0 Å². The van der Waals surface area contributed by atoms with Crippen LogP contribution in [0.1, 0.15) is 40.7 Å². The Labute approximate surface area is 262 Å². The van der Waals surface area contributed by atoms with Crippen LogP contribution in [-0.2, 0) is 50.5 Å². The lowest BCUT2D eigenvalue weighted by Gasteiger charge is -2.34. The summed E-state index contributed by atoms with van der Waals surface area (Å²) >= 11 is 0. The summed E-state index contributed by atoms with van der Waals surface area (Å²) in [4.78, 5) is 60.2. The minimum Gasteiger partial charge on any atom is -0.342 e. The number of fused-ring (bicyclic) bond motifs is 3. The molecule has 1 atom stereocenters. The van der Waals surface area contributed by atoms with Gasteiger partial charge < -0.3 is 31.5 Å². The van der Waals surface area contributed by atoms with Crippen molar-refractivity contribution in [1.82, 2.24) is 20.1 Å². The third-order valence-electron chi connectivity index (χ3n) is 9.33. The number of nitrogens with zero attached hydrogens (tertiary/aromatic N) is 3. The summed E-state index contributed by atoms with van der Waals surface area (Å²) in [6.07, 6.45) is 3.83. The Kier molecular flexibility index (Phi) is 8.64. The summed E-state index contributed by atoms with van der Waals surface area (Å²) in [5.74, 6) is -0.244. The molecule has 1 aliphatic carbocycles. The number of piperidine rings is 1. The molecule has 6 rings (SSSR count). The molecule has 11 heteroatoms. The number of hydrogen-bond acceptors (Lipinski definition) is 7. The van der Waals surface area contributed by atoms with Crippen LogP contribution in [0.3, 0.4) is 0 Å². The maximum atomic E-state index is 13.9. The van der Waals surface area contributed by atoms with Gasteiger partial charge in [0.1, 0.15) is 12.4 Å². The van der Waals surface area contributed by atoms with E-state index < -0.39 is 5.41 Å². The zero-order valence-electron chi connectivity index (χ0n) is 25.5. The number of benzene rings is 2. The summed E-state index contributed by atoms with van der Waals surface area (Å²) in [5, 5.41) is 9.10. The fourth-order valence-electron chi connectivity index (χ4n) is 6.97. The van der Waals surface area contributed by atoms with E-state index in [-0.39, 0.29) is 42.6 Å². The highest BCUT2D eigenvalue weighted by Gasteiger charge is 2.51. The van der Waals surface area contributed by atoms with Crippen LogP contribution in [0, 0.1) is 5.92 Å². The Balaban J connectivity index is 1.17. The highest BCUT2D eigenvalue weighted by molar-refractivity contribution is 6.06. The molecule has 2 aromatic carbocycles. The summed E-state index contributed by atoms with van der Waals surface area (Å²) in [6, 6.07) is 17.4. The highest BCUT2D eigenvalue weighted by Crippen LogP contribution is 2.46. The van der Waals surface area contributed by atoms with E-state index in [1.807, 2.05) is 61.6 Å². The van der Waals surface area contributed by atoms with Crippen LogP contribution in [0.15, 0.2) is 60.8 Å². The van der Waals surface area contributed by atoms with Gasteiger partial charge in [0.25, 0.3) is 0 Å². The van der Waals surface area contributed by atoms with Crippen LogP contribution in [-0.4, -0.2) is 71.6 Å². The quantitative estimate of drug-likeness (QED) is 0.290. The molecule has 4 amide bonds. The van der Waals surface area contributed by atoms with Crippen molar-refractivity contribution >= 4 is 35.1 Å². The number of carbonyl (C=O) groups excluding carboxylic acids is 4. The van der Waals surface area contributed by atoms with Gasteiger partial charge in [-0.25, -0.2) is 4.98 Å². The second-order valence-corrected chi connectivity index (χ2v) is 12.2. The number of nitrogens with one attached hydrogen (secondary N) is 3. The molecule has 1 aromatic heterocycles. The van der Waals surface area contributed by atoms with Crippen molar-refractivity contribution in [1.29, 1.82) is 0 Å². The Morgan fingerprint density at radius 1 is 1.04 bits per heavy atom. The first kappa shape index (κ1) is 30.4. The van der Waals surface area contributed by atoms with E-state index in [1.165, 1.54) is 0 Å². The Morgan fingerprint density at radius 3 is 2.56 bits per heavy atom. The van der Waals surface area contributed by atoms with Gasteiger partial charge in [0.2, 0.25) is 23.6 Å². The van der Waals surface area contributed by atoms with Gasteiger partial charge in [-0.3, -0.25) is 19.2 Å². The Morgan fingerprint density at radius 2 is 1.80 bits per heavy atom. The average molecular weight is 610 g/mol. The number of aromatic nitrogens is 1. The van der Waals surface area contributed by atoms with Crippen molar-refractivity contribution in [3.05, 3.63) is 88.6 Å². The van der Waals surface area contributed by atoms with Crippen LogP contribution < -0.4 is 21.7 Å². The molecule has 3 heterocycles. The van der Waals surface area contributed by atoms with Gasteiger partial charge in [-0.2, -0.15) is 0 Å². The predicted molar refractivity (Wildman–Crippen MR) is 170 cm³/mol. The molecule has 1 fully saturated rings.